The monoisotopic (exact) mass is 394 g/mol. The fraction of sp³-hybridized carbons (Fsp3) is 0.273. The molecular weight excluding hydrogens is 372 g/mol. The van der Waals surface area contributed by atoms with E-state index in [0.717, 1.165) is 10.6 Å². The van der Waals surface area contributed by atoms with E-state index >= 15 is 0 Å². The first-order chi connectivity index (χ1) is 13.9. The Labute approximate surface area is 168 Å². The number of nitrogens with one attached hydrogen (secondary N) is 1. The highest BCUT2D eigenvalue weighted by atomic mass is 16.7. The molecule has 2 aliphatic rings. The number of rotatable bonds is 6. The molecule has 7 heteroatoms. The molecule has 0 aliphatic carbocycles. The Morgan fingerprint density at radius 3 is 2.48 bits per heavy atom. The van der Waals surface area contributed by atoms with Gasteiger partial charge in [0.05, 0.1) is 12.2 Å². The van der Waals surface area contributed by atoms with E-state index in [1.807, 2.05) is 0 Å². The minimum Gasteiger partial charge on any atom is -0.493 e. The summed E-state index contributed by atoms with van der Waals surface area (Å²) in [7, 11) is 1.47. The zero-order valence-electron chi connectivity index (χ0n) is 16.5. The molecule has 2 amide bonds. The summed E-state index contributed by atoms with van der Waals surface area (Å²) in [5.74, 6) is 1.63. The molecule has 0 fully saturated rings. The first kappa shape index (κ1) is 18.9. The van der Waals surface area contributed by atoms with Crippen molar-refractivity contribution >= 4 is 23.1 Å². The van der Waals surface area contributed by atoms with Gasteiger partial charge in [0, 0.05) is 18.8 Å². The van der Waals surface area contributed by atoms with Gasteiger partial charge < -0.3 is 19.5 Å². The van der Waals surface area contributed by atoms with Crippen molar-refractivity contribution in [3.8, 4) is 17.2 Å². The van der Waals surface area contributed by atoms with Crippen LogP contribution >= 0.6 is 0 Å². The van der Waals surface area contributed by atoms with Gasteiger partial charge in [-0.25, -0.2) is 0 Å². The number of anilines is 1. The van der Waals surface area contributed by atoms with E-state index in [9.17, 15) is 9.59 Å². The number of fused-ring (bicyclic) bond motifs is 1. The topological polar surface area (TPSA) is 77.1 Å². The lowest BCUT2D eigenvalue weighted by atomic mass is 10.0. The zero-order valence-corrected chi connectivity index (χ0v) is 16.5. The van der Waals surface area contributed by atoms with Gasteiger partial charge in [0.15, 0.2) is 11.5 Å². The highest BCUT2D eigenvalue weighted by Gasteiger charge is 2.37. The van der Waals surface area contributed by atoms with Crippen molar-refractivity contribution in [2.75, 3.05) is 25.8 Å². The first-order valence-electron chi connectivity index (χ1n) is 9.40. The van der Waals surface area contributed by atoms with Crippen LogP contribution in [-0.4, -0.2) is 37.2 Å². The lowest BCUT2D eigenvalue weighted by Gasteiger charge is -2.11. The van der Waals surface area contributed by atoms with Gasteiger partial charge in [0.25, 0.3) is 11.8 Å². The fourth-order valence-corrected chi connectivity index (χ4v) is 3.12. The molecule has 2 heterocycles. The smallest absolute Gasteiger partial charge is 0.277 e. The second-order valence-electron chi connectivity index (χ2n) is 7.34. The molecule has 0 bridgehead atoms. The molecule has 0 unspecified atom stereocenters. The van der Waals surface area contributed by atoms with Crippen LogP contribution in [-0.2, 0) is 9.59 Å². The standard InChI is InChI=1S/C22H22N2O5/c1-13(2)11-27-16-7-4-14(5-8-16)19-20(22(26)24(3)21(19)25)23-15-6-9-17-18(10-15)29-12-28-17/h4-10,13,23H,11-12H2,1-3H3. The molecule has 150 valence electrons. The molecule has 4 rings (SSSR count). The molecule has 1 N–H and O–H groups in total. The van der Waals surface area contributed by atoms with E-state index in [1.54, 1.807) is 42.5 Å². The van der Waals surface area contributed by atoms with Gasteiger partial charge in [0.1, 0.15) is 11.4 Å². The van der Waals surface area contributed by atoms with Crippen LogP contribution in [0.15, 0.2) is 48.2 Å². The highest BCUT2D eigenvalue weighted by molar-refractivity contribution is 6.36. The molecule has 2 aromatic carbocycles. The molecule has 0 saturated carbocycles. The van der Waals surface area contributed by atoms with Gasteiger partial charge in [-0.1, -0.05) is 26.0 Å². The minimum absolute atomic E-state index is 0.165. The van der Waals surface area contributed by atoms with Crippen LogP contribution < -0.4 is 19.5 Å². The second-order valence-corrected chi connectivity index (χ2v) is 7.34. The van der Waals surface area contributed by atoms with Crippen LogP contribution in [0.1, 0.15) is 19.4 Å². The number of likely N-dealkylation sites (N-methyl/N-ethyl adjacent to an activating group) is 1. The van der Waals surface area contributed by atoms with E-state index in [-0.39, 0.29) is 24.3 Å². The Bertz CT molecular complexity index is 995. The molecule has 0 spiro atoms. The molecular formula is C22H22N2O5. The number of benzene rings is 2. The summed E-state index contributed by atoms with van der Waals surface area (Å²) >= 11 is 0. The van der Waals surface area contributed by atoms with Crippen LogP contribution in [0.25, 0.3) is 5.57 Å². The van der Waals surface area contributed by atoms with Gasteiger partial charge in [-0.3, -0.25) is 14.5 Å². The maximum Gasteiger partial charge on any atom is 0.277 e. The SMILES string of the molecule is CC(C)COc1ccc(C2=C(Nc3ccc4c(c3)OCO4)C(=O)N(C)C2=O)cc1. The summed E-state index contributed by atoms with van der Waals surface area (Å²) in [5, 5.41) is 3.09. The molecule has 29 heavy (non-hydrogen) atoms. The third kappa shape index (κ3) is 3.63. The lowest BCUT2D eigenvalue weighted by molar-refractivity contribution is -0.135. The largest absolute Gasteiger partial charge is 0.493 e. The number of ether oxygens (including phenoxy) is 3. The summed E-state index contributed by atoms with van der Waals surface area (Å²) in [6.45, 7) is 4.93. The Morgan fingerprint density at radius 1 is 1.03 bits per heavy atom. The van der Waals surface area contributed by atoms with Crippen molar-refractivity contribution < 1.29 is 23.8 Å². The lowest BCUT2D eigenvalue weighted by Crippen LogP contribution is -2.27. The van der Waals surface area contributed by atoms with Gasteiger partial charge in [-0.2, -0.15) is 0 Å². The first-order valence-corrected chi connectivity index (χ1v) is 9.40. The van der Waals surface area contributed by atoms with Crippen molar-refractivity contribution in [1.29, 1.82) is 0 Å². The summed E-state index contributed by atoms with van der Waals surface area (Å²) < 4.78 is 16.4. The zero-order chi connectivity index (χ0) is 20.5. The Kier molecular flexibility index (Phi) is 4.88. The molecule has 7 nitrogen and oxygen atoms in total. The third-order valence-corrected chi connectivity index (χ3v) is 4.66. The van der Waals surface area contributed by atoms with Gasteiger partial charge in [-0.15, -0.1) is 0 Å². The molecule has 0 radical (unpaired) electrons. The number of nitrogens with zero attached hydrogens (tertiary/aromatic N) is 1. The van der Waals surface area contributed by atoms with Gasteiger partial charge in [0.2, 0.25) is 6.79 Å². The molecule has 0 aromatic heterocycles. The van der Waals surface area contributed by atoms with E-state index in [4.69, 9.17) is 14.2 Å². The van der Waals surface area contributed by atoms with Crippen molar-refractivity contribution in [2.45, 2.75) is 13.8 Å². The molecule has 2 aromatic rings. The summed E-state index contributed by atoms with van der Waals surface area (Å²) in [4.78, 5) is 26.5. The molecule has 2 aliphatic heterocycles. The number of hydrogen-bond donors (Lipinski definition) is 1. The predicted octanol–water partition coefficient (Wildman–Crippen LogP) is 3.27. The van der Waals surface area contributed by atoms with Crippen LogP contribution in [0.3, 0.4) is 0 Å². The van der Waals surface area contributed by atoms with Crippen LogP contribution in [0, 0.1) is 5.92 Å². The second kappa shape index (κ2) is 7.50. The van der Waals surface area contributed by atoms with E-state index in [1.165, 1.54) is 7.05 Å². The normalized spacial score (nSPS) is 15.5. The van der Waals surface area contributed by atoms with Crippen molar-refractivity contribution in [3.05, 3.63) is 53.7 Å². The summed E-state index contributed by atoms with van der Waals surface area (Å²) in [6, 6.07) is 12.5. The predicted molar refractivity (Wildman–Crippen MR) is 108 cm³/mol. The van der Waals surface area contributed by atoms with Crippen molar-refractivity contribution in [2.24, 2.45) is 5.92 Å². The highest BCUT2D eigenvalue weighted by Crippen LogP contribution is 2.36. The van der Waals surface area contributed by atoms with Crippen LogP contribution in [0.5, 0.6) is 17.2 Å². The number of hydrogen-bond acceptors (Lipinski definition) is 6. The number of carbonyl (C=O) groups is 2. The Balaban J connectivity index is 1.65. The quantitative estimate of drug-likeness (QED) is 0.758. The molecule has 0 atom stereocenters. The Morgan fingerprint density at radius 2 is 1.76 bits per heavy atom. The van der Waals surface area contributed by atoms with E-state index in [2.05, 4.69) is 19.2 Å². The van der Waals surface area contributed by atoms with Gasteiger partial charge in [-0.05, 0) is 35.7 Å². The average Bonchev–Trinajstić information content (AvgIpc) is 3.26. The minimum atomic E-state index is -0.386. The average molecular weight is 394 g/mol. The fourth-order valence-electron chi connectivity index (χ4n) is 3.12. The molecule has 0 saturated heterocycles. The Hall–Kier alpha value is -3.48. The maximum atomic E-state index is 12.7. The van der Waals surface area contributed by atoms with Crippen LogP contribution in [0.2, 0.25) is 0 Å². The third-order valence-electron chi connectivity index (χ3n) is 4.66. The van der Waals surface area contributed by atoms with E-state index in [0.29, 0.717) is 40.8 Å². The summed E-state index contributed by atoms with van der Waals surface area (Å²) in [6.07, 6.45) is 0. The number of amides is 2. The van der Waals surface area contributed by atoms with Crippen molar-refractivity contribution in [1.82, 2.24) is 4.90 Å². The van der Waals surface area contributed by atoms with Gasteiger partial charge >= 0.3 is 0 Å². The van der Waals surface area contributed by atoms with Crippen molar-refractivity contribution in [3.63, 3.8) is 0 Å². The maximum absolute atomic E-state index is 12.7. The van der Waals surface area contributed by atoms with Crippen LogP contribution in [0.4, 0.5) is 5.69 Å². The summed E-state index contributed by atoms with van der Waals surface area (Å²) in [5.41, 5.74) is 1.83. The number of carbonyl (C=O) groups excluding carboxylic acids is 2. The van der Waals surface area contributed by atoms with E-state index < -0.39 is 0 Å². The number of imide groups is 1.